The van der Waals surface area contributed by atoms with Crippen molar-refractivity contribution in [2.24, 2.45) is 0 Å². The predicted octanol–water partition coefficient (Wildman–Crippen LogP) is 2.19. The smallest absolute Gasteiger partial charge is 0.240 e. The molecule has 0 radical (unpaired) electrons. The number of likely N-dealkylation sites (tertiary alicyclic amines) is 1. The quantitative estimate of drug-likeness (QED) is 0.822. The molecule has 3 aliphatic heterocycles. The fraction of sp³-hybridized carbons (Fsp3) is 0.632. The number of ether oxygens (including phenoxy) is 2. The third kappa shape index (κ3) is 3.37. The van der Waals surface area contributed by atoms with E-state index in [4.69, 9.17) is 9.47 Å². The van der Waals surface area contributed by atoms with Crippen LogP contribution in [0.1, 0.15) is 31.2 Å². The van der Waals surface area contributed by atoms with Crippen LogP contribution in [0.3, 0.4) is 0 Å². The van der Waals surface area contributed by atoms with Gasteiger partial charge in [0.05, 0.1) is 19.1 Å². The molecule has 136 valence electrons. The second kappa shape index (κ2) is 7.30. The van der Waals surface area contributed by atoms with Crippen LogP contribution in [-0.2, 0) is 16.1 Å². The first-order chi connectivity index (χ1) is 12.2. The lowest BCUT2D eigenvalue weighted by molar-refractivity contribution is -0.138. The van der Waals surface area contributed by atoms with Crippen LogP contribution in [0, 0.1) is 5.82 Å². The number of halogens is 1. The molecular weight excluding hydrogens is 323 g/mol. The van der Waals surface area contributed by atoms with E-state index in [2.05, 4.69) is 4.90 Å². The zero-order chi connectivity index (χ0) is 17.2. The Bertz CT molecular complexity index is 633. The second-order valence-corrected chi connectivity index (χ2v) is 7.06. The number of rotatable bonds is 2. The summed E-state index contributed by atoms with van der Waals surface area (Å²) in [4.78, 5) is 17.3. The van der Waals surface area contributed by atoms with E-state index < -0.39 is 0 Å². The highest BCUT2D eigenvalue weighted by Gasteiger charge is 2.38. The first-order valence-electron chi connectivity index (χ1n) is 9.26. The van der Waals surface area contributed by atoms with Crippen molar-refractivity contribution in [3.8, 4) is 5.75 Å². The van der Waals surface area contributed by atoms with Gasteiger partial charge in [-0.2, -0.15) is 0 Å². The van der Waals surface area contributed by atoms with E-state index >= 15 is 0 Å². The van der Waals surface area contributed by atoms with Crippen LogP contribution in [0.25, 0.3) is 0 Å². The molecule has 6 heteroatoms. The number of nitrogens with zero attached hydrogens (tertiary/aromatic N) is 2. The maximum Gasteiger partial charge on any atom is 0.240 e. The van der Waals surface area contributed by atoms with E-state index in [9.17, 15) is 9.18 Å². The van der Waals surface area contributed by atoms with Crippen molar-refractivity contribution >= 4 is 5.91 Å². The highest BCUT2D eigenvalue weighted by Crippen LogP contribution is 2.29. The molecule has 3 heterocycles. The fourth-order valence-corrected chi connectivity index (χ4v) is 4.27. The SMILES string of the molecule is O=C([C@H]1CCCN1C1CCOCC1)N1CCOc2cccc(F)c2C1. The summed E-state index contributed by atoms with van der Waals surface area (Å²) in [6.45, 7) is 3.73. The van der Waals surface area contributed by atoms with Crippen LogP contribution in [0.2, 0.25) is 0 Å². The molecule has 5 nitrogen and oxygen atoms in total. The van der Waals surface area contributed by atoms with Crippen LogP contribution in [0.15, 0.2) is 18.2 Å². The van der Waals surface area contributed by atoms with E-state index in [1.165, 1.54) is 6.07 Å². The molecule has 2 saturated heterocycles. The maximum absolute atomic E-state index is 14.2. The van der Waals surface area contributed by atoms with Crippen molar-refractivity contribution in [3.05, 3.63) is 29.6 Å². The first-order valence-corrected chi connectivity index (χ1v) is 9.26. The van der Waals surface area contributed by atoms with E-state index in [0.717, 1.165) is 45.4 Å². The van der Waals surface area contributed by atoms with Gasteiger partial charge in [0.15, 0.2) is 0 Å². The molecule has 1 aromatic rings. The summed E-state index contributed by atoms with van der Waals surface area (Å²) in [7, 11) is 0. The molecular formula is C19H25FN2O3. The normalized spacial score (nSPS) is 25.3. The standard InChI is InChI=1S/C19H25FN2O3/c20-16-3-1-5-18-15(16)13-21(9-12-25-18)19(23)17-4-2-8-22(17)14-6-10-24-11-7-14/h1,3,5,14,17H,2,4,6-13H2/t17-/m1/s1. The Hall–Kier alpha value is -1.66. The molecule has 1 amide bonds. The Balaban J connectivity index is 1.50. The van der Waals surface area contributed by atoms with Gasteiger partial charge in [-0.3, -0.25) is 9.69 Å². The number of fused-ring (bicyclic) bond motifs is 1. The van der Waals surface area contributed by atoms with Gasteiger partial charge >= 0.3 is 0 Å². The number of hydrogen-bond acceptors (Lipinski definition) is 4. The highest BCUT2D eigenvalue weighted by atomic mass is 19.1. The lowest BCUT2D eigenvalue weighted by Gasteiger charge is -2.36. The Labute approximate surface area is 147 Å². The van der Waals surface area contributed by atoms with E-state index in [1.807, 2.05) is 0 Å². The van der Waals surface area contributed by atoms with Gasteiger partial charge in [0, 0.05) is 24.8 Å². The van der Waals surface area contributed by atoms with Crippen molar-refractivity contribution in [2.75, 3.05) is 32.9 Å². The molecule has 0 spiro atoms. The third-order valence-corrected chi connectivity index (χ3v) is 5.59. The van der Waals surface area contributed by atoms with Gasteiger partial charge in [0.25, 0.3) is 0 Å². The predicted molar refractivity (Wildman–Crippen MR) is 90.9 cm³/mol. The van der Waals surface area contributed by atoms with Gasteiger partial charge in [0.1, 0.15) is 18.2 Å². The summed E-state index contributed by atoms with van der Waals surface area (Å²) in [6.07, 6.45) is 3.91. The molecule has 1 aromatic carbocycles. The first kappa shape index (κ1) is 16.8. The van der Waals surface area contributed by atoms with E-state index in [0.29, 0.717) is 37.1 Å². The molecule has 0 unspecified atom stereocenters. The summed E-state index contributed by atoms with van der Waals surface area (Å²) in [5, 5.41) is 0. The van der Waals surface area contributed by atoms with Crippen LogP contribution < -0.4 is 4.74 Å². The second-order valence-electron chi connectivity index (χ2n) is 7.06. The summed E-state index contributed by atoms with van der Waals surface area (Å²) in [6, 6.07) is 5.19. The summed E-state index contributed by atoms with van der Waals surface area (Å²) < 4.78 is 25.3. The van der Waals surface area contributed by atoms with Crippen LogP contribution in [0.4, 0.5) is 4.39 Å². The van der Waals surface area contributed by atoms with Crippen molar-refractivity contribution in [2.45, 2.75) is 44.3 Å². The van der Waals surface area contributed by atoms with Gasteiger partial charge in [-0.15, -0.1) is 0 Å². The Morgan fingerprint density at radius 1 is 1.12 bits per heavy atom. The molecule has 0 N–H and O–H groups in total. The molecule has 2 fully saturated rings. The van der Waals surface area contributed by atoms with Gasteiger partial charge in [0.2, 0.25) is 5.91 Å². The molecule has 0 bridgehead atoms. The van der Waals surface area contributed by atoms with Crippen LogP contribution in [-0.4, -0.2) is 60.7 Å². The number of benzene rings is 1. The van der Waals surface area contributed by atoms with Crippen molar-refractivity contribution in [3.63, 3.8) is 0 Å². The van der Waals surface area contributed by atoms with E-state index in [-0.39, 0.29) is 17.8 Å². The van der Waals surface area contributed by atoms with Crippen LogP contribution >= 0.6 is 0 Å². The summed E-state index contributed by atoms with van der Waals surface area (Å²) in [5.41, 5.74) is 0.490. The lowest BCUT2D eigenvalue weighted by Crippen LogP contribution is -2.50. The zero-order valence-electron chi connectivity index (χ0n) is 14.5. The summed E-state index contributed by atoms with van der Waals surface area (Å²) >= 11 is 0. The van der Waals surface area contributed by atoms with Crippen molar-refractivity contribution in [1.82, 2.24) is 9.80 Å². The lowest BCUT2D eigenvalue weighted by atomic mass is 10.0. The zero-order valence-corrected chi connectivity index (χ0v) is 14.5. The minimum Gasteiger partial charge on any atom is -0.491 e. The molecule has 3 aliphatic rings. The van der Waals surface area contributed by atoms with Gasteiger partial charge in [-0.25, -0.2) is 4.39 Å². The molecule has 25 heavy (non-hydrogen) atoms. The van der Waals surface area contributed by atoms with E-state index in [1.54, 1.807) is 17.0 Å². The third-order valence-electron chi connectivity index (χ3n) is 5.59. The van der Waals surface area contributed by atoms with Crippen molar-refractivity contribution < 1.29 is 18.7 Å². The number of carbonyl (C=O) groups excluding carboxylic acids is 1. The molecule has 4 rings (SSSR count). The maximum atomic E-state index is 14.2. The highest BCUT2D eigenvalue weighted by molar-refractivity contribution is 5.82. The fourth-order valence-electron chi connectivity index (χ4n) is 4.27. The molecule has 0 aliphatic carbocycles. The monoisotopic (exact) mass is 348 g/mol. The topological polar surface area (TPSA) is 42.0 Å². The number of amides is 1. The molecule has 0 saturated carbocycles. The number of hydrogen-bond donors (Lipinski definition) is 0. The summed E-state index contributed by atoms with van der Waals surface area (Å²) in [5.74, 6) is 0.372. The van der Waals surface area contributed by atoms with Crippen molar-refractivity contribution in [1.29, 1.82) is 0 Å². The average molecular weight is 348 g/mol. The van der Waals surface area contributed by atoms with Gasteiger partial charge < -0.3 is 14.4 Å². The Kier molecular flexibility index (Phi) is 4.90. The van der Waals surface area contributed by atoms with Gasteiger partial charge in [-0.05, 0) is 44.4 Å². The Morgan fingerprint density at radius 3 is 2.80 bits per heavy atom. The minimum atomic E-state index is -0.301. The largest absolute Gasteiger partial charge is 0.491 e. The molecule has 0 aromatic heterocycles. The average Bonchev–Trinajstić information content (AvgIpc) is 3.02. The van der Waals surface area contributed by atoms with Crippen LogP contribution in [0.5, 0.6) is 5.75 Å². The number of carbonyl (C=O) groups is 1. The minimum absolute atomic E-state index is 0.0866. The molecule has 1 atom stereocenters. The van der Waals surface area contributed by atoms with Gasteiger partial charge in [-0.1, -0.05) is 6.07 Å². The Morgan fingerprint density at radius 2 is 1.96 bits per heavy atom.